The number of rotatable bonds is 17. The van der Waals surface area contributed by atoms with Crippen LogP contribution in [-0.4, -0.2) is 29.8 Å². The summed E-state index contributed by atoms with van der Waals surface area (Å²) in [5.74, 6) is -1.06. The fourth-order valence-electron chi connectivity index (χ4n) is 3.34. The van der Waals surface area contributed by atoms with Crippen LogP contribution in [0.5, 0.6) is 0 Å². The van der Waals surface area contributed by atoms with E-state index in [4.69, 9.17) is 4.74 Å². The number of hydrogen-bond donors (Lipinski definition) is 2. The molecule has 1 aromatic carbocycles. The molecule has 0 bridgehead atoms. The Hall–Kier alpha value is -2.04. The number of hydrogen-bond acceptors (Lipinski definition) is 3. The van der Waals surface area contributed by atoms with Crippen molar-refractivity contribution in [2.75, 3.05) is 6.61 Å². The first-order valence-electron chi connectivity index (χ1n) is 11.3. The van der Waals surface area contributed by atoms with Crippen LogP contribution in [0.3, 0.4) is 0 Å². The normalized spacial score (nSPS) is 11.8. The van der Waals surface area contributed by atoms with Crippen LogP contribution in [0.4, 0.5) is 4.79 Å². The van der Waals surface area contributed by atoms with Gasteiger partial charge in [-0.3, -0.25) is 0 Å². The Morgan fingerprint density at radius 1 is 0.862 bits per heavy atom. The van der Waals surface area contributed by atoms with Gasteiger partial charge in [0.05, 0.1) is 6.61 Å². The number of carboxylic acids is 1. The molecule has 0 fully saturated rings. The minimum absolute atomic E-state index is 0.240. The SMILES string of the molecule is CCCCCCCCCCCCCCOC(=O)N[C@@H](Cc1ccccc1)C(=O)O. The molecular weight excluding hydrogens is 366 g/mol. The second-order valence-corrected chi connectivity index (χ2v) is 7.75. The van der Waals surface area contributed by atoms with E-state index in [1.54, 1.807) is 0 Å². The minimum Gasteiger partial charge on any atom is -0.480 e. The van der Waals surface area contributed by atoms with Crippen LogP contribution in [0.15, 0.2) is 30.3 Å². The molecule has 29 heavy (non-hydrogen) atoms. The third kappa shape index (κ3) is 13.7. The molecule has 0 radical (unpaired) electrons. The molecule has 0 aliphatic heterocycles. The summed E-state index contributed by atoms with van der Waals surface area (Å²) in [5, 5.41) is 11.7. The van der Waals surface area contributed by atoms with E-state index in [2.05, 4.69) is 12.2 Å². The lowest BCUT2D eigenvalue weighted by Crippen LogP contribution is -2.42. The summed E-state index contributed by atoms with van der Waals surface area (Å²) in [4.78, 5) is 23.2. The molecule has 1 rings (SSSR count). The first kappa shape index (κ1) is 25.0. The zero-order valence-corrected chi connectivity index (χ0v) is 18.0. The molecule has 1 amide bonds. The highest BCUT2D eigenvalue weighted by Gasteiger charge is 2.20. The number of aliphatic carboxylic acids is 1. The van der Waals surface area contributed by atoms with E-state index in [9.17, 15) is 14.7 Å². The number of nitrogens with one attached hydrogen (secondary N) is 1. The van der Waals surface area contributed by atoms with Crippen LogP contribution in [0.2, 0.25) is 0 Å². The van der Waals surface area contributed by atoms with Gasteiger partial charge in [-0.15, -0.1) is 0 Å². The van der Waals surface area contributed by atoms with E-state index >= 15 is 0 Å². The third-order valence-corrected chi connectivity index (χ3v) is 5.10. The lowest BCUT2D eigenvalue weighted by molar-refractivity contribution is -0.139. The lowest BCUT2D eigenvalue weighted by atomic mass is 10.1. The standard InChI is InChI=1S/C24H39NO4/c1-2-3-4-5-6-7-8-9-10-11-12-16-19-29-24(28)25-22(23(26)27)20-21-17-14-13-15-18-21/h13-15,17-18,22H,2-12,16,19-20H2,1H3,(H,25,28)(H,26,27)/t22-/m0/s1. The van der Waals surface area contributed by atoms with Gasteiger partial charge < -0.3 is 15.2 Å². The third-order valence-electron chi connectivity index (χ3n) is 5.10. The van der Waals surface area contributed by atoms with Crippen LogP contribution in [0.25, 0.3) is 0 Å². The van der Waals surface area contributed by atoms with E-state index < -0.39 is 18.1 Å². The number of benzene rings is 1. The number of amides is 1. The first-order chi connectivity index (χ1) is 14.1. The zero-order valence-electron chi connectivity index (χ0n) is 18.0. The van der Waals surface area contributed by atoms with Crippen molar-refractivity contribution >= 4 is 12.1 Å². The lowest BCUT2D eigenvalue weighted by Gasteiger charge is -2.14. The summed E-state index contributed by atoms with van der Waals surface area (Å²) < 4.78 is 5.14. The molecule has 0 unspecified atom stereocenters. The van der Waals surface area contributed by atoms with Gasteiger partial charge in [0.1, 0.15) is 6.04 Å². The molecule has 5 heteroatoms. The molecular formula is C24H39NO4. The maximum absolute atomic E-state index is 11.9. The van der Waals surface area contributed by atoms with Gasteiger partial charge in [0.15, 0.2) is 0 Å². The van der Waals surface area contributed by atoms with Crippen LogP contribution < -0.4 is 5.32 Å². The van der Waals surface area contributed by atoms with Crippen molar-refractivity contribution in [3.63, 3.8) is 0 Å². The zero-order chi connectivity index (χ0) is 21.2. The van der Waals surface area contributed by atoms with E-state index in [1.807, 2.05) is 30.3 Å². The molecule has 0 saturated carbocycles. The molecule has 2 N–H and O–H groups in total. The molecule has 1 aromatic rings. The fraction of sp³-hybridized carbons (Fsp3) is 0.667. The molecule has 0 heterocycles. The van der Waals surface area contributed by atoms with Crippen molar-refractivity contribution in [1.82, 2.24) is 5.32 Å². The Kier molecular flexibility index (Phi) is 14.5. The number of carboxylic acid groups (broad SMARTS) is 1. The van der Waals surface area contributed by atoms with Gasteiger partial charge in [0.2, 0.25) is 0 Å². The molecule has 5 nitrogen and oxygen atoms in total. The summed E-state index contributed by atoms with van der Waals surface area (Å²) >= 11 is 0. The average Bonchev–Trinajstić information content (AvgIpc) is 2.71. The molecule has 0 aromatic heterocycles. The van der Waals surface area contributed by atoms with Gasteiger partial charge >= 0.3 is 12.1 Å². The van der Waals surface area contributed by atoms with Crippen molar-refractivity contribution in [2.45, 2.75) is 96.4 Å². The molecule has 0 aliphatic rings. The Bertz CT molecular complexity index is 547. The summed E-state index contributed by atoms with van der Waals surface area (Å²) in [6.07, 6.45) is 14.6. The predicted octanol–water partition coefficient (Wildman–Crippen LogP) is 6.11. The minimum atomic E-state index is -1.06. The van der Waals surface area contributed by atoms with Crippen LogP contribution in [0, 0.1) is 0 Å². The van der Waals surface area contributed by atoms with Crippen molar-refractivity contribution in [3.05, 3.63) is 35.9 Å². The first-order valence-corrected chi connectivity index (χ1v) is 11.3. The highest BCUT2D eigenvalue weighted by molar-refractivity contribution is 5.80. The van der Waals surface area contributed by atoms with Gasteiger partial charge in [-0.05, 0) is 12.0 Å². The summed E-state index contributed by atoms with van der Waals surface area (Å²) in [6, 6.07) is 8.27. The predicted molar refractivity (Wildman–Crippen MR) is 117 cm³/mol. The van der Waals surface area contributed by atoms with E-state index in [0.29, 0.717) is 6.61 Å². The van der Waals surface area contributed by atoms with Crippen LogP contribution in [-0.2, 0) is 16.0 Å². The van der Waals surface area contributed by atoms with Crippen molar-refractivity contribution < 1.29 is 19.4 Å². The van der Waals surface area contributed by atoms with Crippen molar-refractivity contribution in [2.24, 2.45) is 0 Å². The number of carbonyl (C=O) groups is 2. The van der Waals surface area contributed by atoms with Gasteiger partial charge in [0.25, 0.3) is 0 Å². The van der Waals surface area contributed by atoms with Gasteiger partial charge in [0, 0.05) is 6.42 Å². The molecule has 164 valence electrons. The Balaban J connectivity index is 2.00. The van der Waals surface area contributed by atoms with Crippen molar-refractivity contribution in [3.8, 4) is 0 Å². The van der Waals surface area contributed by atoms with Crippen molar-refractivity contribution in [1.29, 1.82) is 0 Å². The smallest absolute Gasteiger partial charge is 0.407 e. The average molecular weight is 406 g/mol. The fourth-order valence-corrected chi connectivity index (χ4v) is 3.34. The number of carbonyl (C=O) groups excluding carboxylic acids is 1. The number of alkyl carbamates (subject to hydrolysis) is 1. The molecule has 1 atom stereocenters. The quantitative estimate of drug-likeness (QED) is 0.307. The second-order valence-electron chi connectivity index (χ2n) is 7.75. The molecule has 0 aliphatic carbocycles. The second kappa shape index (κ2) is 16.9. The molecule has 0 saturated heterocycles. The van der Waals surface area contributed by atoms with E-state index in [-0.39, 0.29) is 6.42 Å². The summed E-state index contributed by atoms with van der Waals surface area (Å²) in [5.41, 5.74) is 0.862. The topological polar surface area (TPSA) is 75.6 Å². The highest BCUT2D eigenvalue weighted by atomic mass is 16.5. The number of ether oxygens (including phenoxy) is 1. The monoisotopic (exact) mass is 405 g/mol. The largest absolute Gasteiger partial charge is 0.480 e. The summed E-state index contributed by atoms with van der Waals surface area (Å²) in [7, 11) is 0. The Morgan fingerprint density at radius 3 is 1.90 bits per heavy atom. The van der Waals surface area contributed by atoms with Crippen LogP contribution in [0.1, 0.15) is 89.5 Å². The van der Waals surface area contributed by atoms with E-state index in [1.165, 1.54) is 57.8 Å². The molecule has 0 spiro atoms. The van der Waals surface area contributed by atoms with Gasteiger partial charge in [-0.1, -0.05) is 108 Å². The van der Waals surface area contributed by atoms with Gasteiger partial charge in [-0.25, -0.2) is 9.59 Å². The Labute approximate surface area is 176 Å². The summed E-state index contributed by atoms with van der Waals surface area (Å²) in [6.45, 7) is 2.58. The van der Waals surface area contributed by atoms with Gasteiger partial charge in [-0.2, -0.15) is 0 Å². The highest BCUT2D eigenvalue weighted by Crippen LogP contribution is 2.12. The van der Waals surface area contributed by atoms with Crippen LogP contribution >= 0.6 is 0 Å². The maximum Gasteiger partial charge on any atom is 0.407 e. The number of unbranched alkanes of at least 4 members (excludes halogenated alkanes) is 11. The Morgan fingerprint density at radius 2 is 1.38 bits per heavy atom. The maximum atomic E-state index is 11.9. The van der Waals surface area contributed by atoms with E-state index in [0.717, 1.165) is 24.8 Å².